The van der Waals surface area contributed by atoms with Crippen LogP contribution in [0.15, 0.2) is 100 Å². The molecule has 3 aromatic carbocycles. The van der Waals surface area contributed by atoms with Gasteiger partial charge in [-0.3, -0.25) is 4.90 Å². The summed E-state index contributed by atoms with van der Waals surface area (Å²) in [6.07, 6.45) is 2.32. The van der Waals surface area contributed by atoms with E-state index < -0.39 is 0 Å². The number of fused-ring (bicyclic) bond motifs is 1. The van der Waals surface area contributed by atoms with Crippen molar-refractivity contribution in [1.29, 1.82) is 0 Å². The van der Waals surface area contributed by atoms with E-state index in [1.54, 1.807) is 11.8 Å². The van der Waals surface area contributed by atoms with Gasteiger partial charge in [0.15, 0.2) is 5.17 Å². The first-order valence-electron chi connectivity index (χ1n) is 12.5. The lowest BCUT2D eigenvalue weighted by molar-refractivity contribution is 0.344. The Hall–Kier alpha value is -3.34. The molecule has 0 saturated heterocycles. The average Bonchev–Trinajstić information content (AvgIpc) is 3.29. The van der Waals surface area contributed by atoms with Crippen LogP contribution in [0, 0.1) is 20.8 Å². The zero-order valence-electron chi connectivity index (χ0n) is 21.3. The minimum Gasteiger partial charge on any atom is -0.308 e. The molecular weight excluding hydrogens is 458 g/mol. The van der Waals surface area contributed by atoms with E-state index in [0.717, 1.165) is 24.0 Å². The summed E-state index contributed by atoms with van der Waals surface area (Å²) in [6, 6.07) is 26.8. The van der Waals surface area contributed by atoms with Crippen molar-refractivity contribution < 1.29 is 0 Å². The Bertz CT molecular complexity index is 1420. The molecule has 6 rings (SSSR count). The van der Waals surface area contributed by atoms with Gasteiger partial charge < -0.3 is 4.90 Å². The van der Waals surface area contributed by atoms with E-state index in [-0.39, 0.29) is 6.04 Å². The van der Waals surface area contributed by atoms with Gasteiger partial charge in [-0.25, -0.2) is 4.99 Å². The van der Waals surface area contributed by atoms with Gasteiger partial charge in [0.2, 0.25) is 0 Å². The molecule has 0 radical (unpaired) electrons. The van der Waals surface area contributed by atoms with Crippen molar-refractivity contribution in [2.24, 2.45) is 4.99 Å². The molecule has 0 amide bonds. The lowest BCUT2D eigenvalue weighted by Crippen LogP contribution is -2.40. The predicted molar refractivity (Wildman–Crippen MR) is 154 cm³/mol. The van der Waals surface area contributed by atoms with Crippen LogP contribution in [0.4, 0.5) is 0 Å². The first kappa shape index (κ1) is 23.1. The Kier molecular flexibility index (Phi) is 5.94. The number of hydrogen-bond acceptors (Lipinski definition) is 4. The highest BCUT2D eigenvalue weighted by Gasteiger charge is 2.41. The van der Waals surface area contributed by atoms with Gasteiger partial charge in [0.05, 0.1) is 17.4 Å². The van der Waals surface area contributed by atoms with Crippen molar-refractivity contribution in [2.75, 3.05) is 20.1 Å². The van der Waals surface area contributed by atoms with Crippen molar-refractivity contribution in [3.63, 3.8) is 0 Å². The molecule has 0 aliphatic carbocycles. The van der Waals surface area contributed by atoms with Crippen LogP contribution in [-0.4, -0.2) is 35.1 Å². The maximum Gasteiger partial charge on any atom is 0.174 e. The third-order valence-electron chi connectivity index (χ3n) is 7.18. The smallest absolute Gasteiger partial charge is 0.174 e. The van der Waals surface area contributed by atoms with Crippen molar-refractivity contribution in [1.82, 2.24) is 9.80 Å². The fraction of sp³-hybridized carbons (Fsp3) is 0.219. The fourth-order valence-electron chi connectivity index (χ4n) is 5.27. The summed E-state index contributed by atoms with van der Waals surface area (Å²) >= 11 is 1.74. The Morgan fingerprint density at radius 3 is 2.08 bits per heavy atom. The Labute approximate surface area is 218 Å². The molecule has 180 valence electrons. The second-order valence-corrected chi connectivity index (χ2v) is 11.0. The van der Waals surface area contributed by atoms with Crippen LogP contribution < -0.4 is 0 Å². The first-order chi connectivity index (χ1) is 17.5. The van der Waals surface area contributed by atoms with E-state index in [1.807, 2.05) is 0 Å². The van der Waals surface area contributed by atoms with Crippen LogP contribution in [0.1, 0.15) is 39.4 Å². The van der Waals surface area contributed by atoms with Crippen LogP contribution in [0.25, 0.3) is 11.8 Å². The van der Waals surface area contributed by atoms with Crippen LogP contribution >= 0.6 is 11.8 Å². The van der Waals surface area contributed by atoms with Gasteiger partial charge in [-0.05, 0) is 61.7 Å². The molecule has 0 aromatic heterocycles. The molecule has 4 heteroatoms. The zero-order valence-corrected chi connectivity index (χ0v) is 22.1. The normalized spacial score (nSPS) is 20.8. The highest BCUT2D eigenvalue weighted by Crippen LogP contribution is 2.49. The minimum atomic E-state index is 0.111. The number of rotatable bonds is 3. The third kappa shape index (κ3) is 4.25. The van der Waals surface area contributed by atoms with Gasteiger partial charge in [-0.1, -0.05) is 101 Å². The SMILES string of the molecule is Cc1ccc(/C=C2\CN(C)CC3=C2N=C2SC=C(c4ccc(C)cc4)N2[C@H]3c2ccc(C)cc2)cc1. The molecule has 0 spiro atoms. The summed E-state index contributed by atoms with van der Waals surface area (Å²) < 4.78 is 0. The molecule has 3 heterocycles. The quantitative estimate of drug-likeness (QED) is 0.383. The number of likely N-dealkylation sites (N-methyl/N-ethyl adjacent to an activating group) is 1. The van der Waals surface area contributed by atoms with Gasteiger partial charge in [0, 0.05) is 18.5 Å². The number of aryl methyl sites for hydroxylation is 3. The monoisotopic (exact) mass is 489 g/mol. The largest absolute Gasteiger partial charge is 0.308 e. The van der Waals surface area contributed by atoms with Crippen LogP contribution in [0.3, 0.4) is 0 Å². The molecular formula is C32H31N3S. The molecule has 0 saturated carbocycles. The Morgan fingerprint density at radius 2 is 1.42 bits per heavy atom. The van der Waals surface area contributed by atoms with Crippen LogP contribution in [-0.2, 0) is 0 Å². The van der Waals surface area contributed by atoms with Gasteiger partial charge in [-0.2, -0.15) is 0 Å². The molecule has 3 aliphatic heterocycles. The molecule has 3 nitrogen and oxygen atoms in total. The second kappa shape index (κ2) is 9.27. The van der Waals surface area contributed by atoms with E-state index >= 15 is 0 Å². The molecule has 0 N–H and O–H groups in total. The first-order valence-corrected chi connectivity index (χ1v) is 13.4. The minimum absolute atomic E-state index is 0.111. The summed E-state index contributed by atoms with van der Waals surface area (Å²) in [6.45, 7) is 8.23. The topological polar surface area (TPSA) is 18.8 Å². The lowest BCUT2D eigenvalue weighted by Gasteiger charge is -2.42. The summed E-state index contributed by atoms with van der Waals surface area (Å²) in [5.74, 6) is 0. The van der Waals surface area contributed by atoms with Crippen molar-refractivity contribution in [2.45, 2.75) is 26.8 Å². The maximum atomic E-state index is 5.32. The number of thioether (sulfide) groups is 1. The van der Waals surface area contributed by atoms with E-state index in [4.69, 9.17) is 4.99 Å². The van der Waals surface area contributed by atoms with Gasteiger partial charge in [0.1, 0.15) is 0 Å². The third-order valence-corrected chi connectivity index (χ3v) is 8.02. The molecule has 1 atom stereocenters. The van der Waals surface area contributed by atoms with Crippen LogP contribution in [0.5, 0.6) is 0 Å². The predicted octanol–water partition coefficient (Wildman–Crippen LogP) is 7.35. The van der Waals surface area contributed by atoms with Gasteiger partial charge in [-0.15, -0.1) is 0 Å². The number of benzene rings is 3. The van der Waals surface area contributed by atoms with Crippen molar-refractivity contribution in [3.05, 3.63) is 128 Å². The number of aliphatic imine (C=N–C) groups is 1. The molecule has 3 aliphatic rings. The molecule has 0 unspecified atom stereocenters. The van der Waals surface area contributed by atoms with E-state index in [0.29, 0.717) is 0 Å². The standard InChI is InChI=1S/C32H31N3S/c1-21-5-11-24(12-6-21)17-27-18-34(4)19-28-30(27)33-32-35(31(28)26-15-9-23(3)10-16-26)29(20-36-32)25-13-7-22(2)8-14-25/h5-17,20,31H,18-19H2,1-4H3/b27-17+/t31-/m0/s1. The number of nitrogens with zero attached hydrogens (tertiary/aromatic N) is 3. The van der Waals surface area contributed by atoms with Gasteiger partial charge >= 0.3 is 0 Å². The van der Waals surface area contributed by atoms with Crippen molar-refractivity contribution in [3.8, 4) is 0 Å². The summed E-state index contributed by atoms with van der Waals surface area (Å²) in [5.41, 5.74) is 12.7. The molecule has 0 bridgehead atoms. The number of hydrogen-bond donors (Lipinski definition) is 0. The molecule has 36 heavy (non-hydrogen) atoms. The molecule has 3 aromatic rings. The van der Waals surface area contributed by atoms with E-state index in [9.17, 15) is 0 Å². The molecule has 0 fully saturated rings. The Balaban J connectivity index is 1.50. The number of amidine groups is 1. The fourth-order valence-corrected chi connectivity index (χ4v) is 6.20. The maximum absolute atomic E-state index is 5.32. The van der Waals surface area contributed by atoms with Gasteiger partial charge in [0.25, 0.3) is 0 Å². The summed E-state index contributed by atoms with van der Waals surface area (Å²) in [7, 11) is 2.22. The highest BCUT2D eigenvalue weighted by molar-refractivity contribution is 8.16. The van der Waals surface area contributed by atoms with Crippen LogP contribution in [0.2, 0.25) is 0 Å². The zero-order chi connectivity index (χ0) is 24.8. The van der Waals surface area contributed by atoms with Crippen molar-refractivity contribution >= 4 is 28.7 Å². The highest BCUT2D eigenvalue weighted by atomic mass is 32.2. The lowest BCUT2D eigenvalue weighted by atomic mass is 9.87. The van der Waals surface area contributed by atoms with E-state index in [1.165, 1.54) is 50.2 Å². The average molecular weight is 490 g/mol. The second-order valence-electron chi connectivity index (χ2n) is 10.2. The summed E-state index contributed by atoms with van der Waals surface area (Å²) in [5, 5.41) is 3.34. The summed E-state index contributed by atoms with van der Waals surface area (Å²) in [4.78, 5) is 10.2. The Morgan fingerprint density at radius 1 is 0.806 bits per heavy atom. The van der Waals surface area contributed by atoms with E-state index in [2.05, 4.69) is 122 Å².